The van der Waals surface area contributed by atoms with E-state index in [1.54, 1.807) is 30.3 Å². The van der Waals surface area contributed by atoms with Crippen molar-refractivity contribution < 1.29 is 8.42 Å². The van der Waals surface area contributed by atoms with Crippen LogP contribution in [0.15, 0.2) is 47.4 Å². The maximum Gasteiger partial charge on any atom is 0.240 e. The molecule has 0 amide bonds. The number of benzene rings is 2. The van der Waals surface area contributed by atoms with E-state index in [9.17, 15) is 8.42 Å². The molecule has 1 N–H and O–H groups in total. The molecule has 0 aliphatic carbocycles. The van der Waals surface area contributed by atoms with E-state index in [1.807, 2.05) is 19.1 Å². The second-order valence-corrected chi connectivity index (χ2v) is 7.80. The number of nitrogens with one attached hydrogen (secondary N) is 1. The van der Waals surface area contributed by atoms with Crippen LogP contribution in [-0.4, -0.2) is 8.42 Å². The standard InChI is InChI=1S/C14H13ClINO2S/c1-10-8-12(15)3-2-11(10)9-17-20(18,19)14-6-4-13(16)5-7-14/h2-8,17H,9H2,1H3. The first-order valence-electron chi connectivity index (χ1n) is 5.89. The zero-order chi connectivity index (χ0) is 14.8. The van der Waals surface area contributed by atoms with Gasteiger partial charge in [-0.05, 0) is 77.0 Å². The van der Waals surface area contributed by atoms with E-state index >= 15 is 0 Å². The largest absolute Gasteiger partial charge is 0.240 e. The molecular weight excluding hydrogens is 409 g/mol. The van der Waals surface area contributed by atoms with Crippen LogP contribution >= 0.6 is 34.2 Å². The number of rotatable bonds is 4. The van der Waals surface area contributed by atoms with Crippen molar-refractivity contribution >= 4 is 44.2 Å². The molecule has 0 spiro atoms. The Hall–Kier alpha value is -0.630. The Labute approximate surface area is 137 Å². The highest BCUT2D eigenvalue weighted by molar-refractivity contribution is 14.1. The summed E-state index contributed by atoms with van der Waals surface area (Å²) in [6, 6.07) is 12.1. The lowest BCUT2D eigenvalue weighted by atomic mass is 10.1. The zero-order valence-corrected chi connectivity index (χ0v) is 14.5. The molecule has 0 atom stereocenters. The number of halogens is 2. The summed E-state index contributed by atoms with van der Waals surface area (Å²) in [6.07, 6.45) is 0. The molecule has 0 aliphatic rings. The number of hydrogen-bond acceptors (Lipinski definition) is 2. The van der Waals surface area contributed by atoms with E-state index in [-0.39, 0.29) is 11.4 Å². The van der Waals surface area contributed by atoms with Gasteiger partial charge in [0.1, 0.15) is 0 Å². The SMILES string of the molecule is Cc1cc(Cl)ccc1CNS(=O)(=O)c1ccc(I)cc1. The summed E-state index contributed by atoms with van der Waals surface area (Å²) in [7, 11) is -3.49. The zero-order valence-electron chi connectivity index (χ0n) is 10.7. The maximum atomic E-state index is 12.2. The smallest absolute Gasteiger partial charge is 0.207 e. The maximum absolute atomic E-state index is 12.2. The first-order valence-corrected chi connectivity index (χ1v) is 8.83. The molecule has 0 unspecified atom stereocenters. The van der Waals surface area contributed by atoms with E-state index in [0.717, 1.165) is 14.7 Å². The molecule has 6 heteroatoms. The summed E-state index contributed by atoms with van der Waals surface area (Å²) in [5, 5.41) is 0.645. The van der Waals surface area contributed by atoms with Gasteiger partial charge in [0.25, 0.3) is 0 Å². The second-order valence-electron chi connectivity index (χ2n) is 4.35. The fourth-order valence-corrected chi connectivity index (χ4v) is 3.32. The van der Waals surface area contributed by atoms with Gasteiger partial charge in [0.05, 0.1) is 4.90 Å². The highest BCUT2D eigenvalue weighted by Gasteiger charge is 2.13. The minimum Gasteiger partial charge on any atom is -0.207 e. The van der Waals surface area contributed by atoms with Gasteiger partial charge < -0.3 is 0 Å². The molecule has 106 valence electrons. The van der Waals surface area contributed by atoms with Crippen molar-refractivity contribution in [2.24, 2.45) is 0 Å². The molecule has 2 aromatic rings. The van der Waals surface area contributed by atoms with Crippen molar-refractivity contribution in [1.29, 1.82) is 0 Å². The first-order chi connectivity index (χ1) is 9.38. The number of aryl methyl sites for hydroxylation is 1. The Morgan fingerprint density at radius 2 is 1.80 bits per heavy atom. The van der Waals surface area contributed by atoms with Crippen LogP contribution in [0.4, 0.5) is 0 Å². The Balaban J connectivity index is 2.15. The Bertz CT molecular complexity index is 714. The average molecular weight is 422 g/mol. The molecule has 0 fully saturated rings. The van der Waals surface area contributed by atoms with Gasteiger partial charge in [-0.2, -0.15) is 0 Å². The summed E-state index contributed by atoms with van der Waals surface area (Å²) < 4.78 is 27.9. The predicted octanol–water partition coefficient (Wildman–Crippen LogP) is 3.73. The summed E-state index contributed by atoms with van der Waals surface area (Å²) in [5.74, 6) is 0. The Morgan fingerprint density at radius 3 is 2.40 bits per heavy atom. The van der Waals surface area contributed by atoms with Crippen LogP contribution in [0.25, 0.3) is 0 Å². The van der Waals surface area contributed by atoms with Gasteiger partial charge in [-0.25, -0.2) is 13.1 Å². The third kappa shape index (κ3) is 3.94. The van der Waals surface area contributed by atoms with Gasteiger partial charge >= 0.3 is 0 Å². The summed E-state index contributed by atoms with van der Waals surface area (Å²) in [4.78, 5) is 0.268. The topological polar surface area (TPSA) is 46.2 Å². The molecule has 0 radical (unpaired) electrons. The number of hydrogen-bond donors (Lipinski definition) is 1. The van der Waals surface area contributed by atoms with Crippen LogP contribution in [0.3, 0.4) is 0 Å². The van der Waals surface area contributed by atoms with Crippen molar-refractivity contribution in [2.75, 3.05) is 0 Å². The first kappa shape index (κ1) is 15.8. The van der Waals surface area contributed by atoms with Crippen molar-refractivity contribution in [1.82, 2.24) is 4.72 Å². The monoisotopic (exact) mass is 421 g/mol. The van der Waals surface area contributed by atoms with E-state index < -0.39 is 10.0 Å². The van der Waals surface area contributed by atoms with Crippen LogP contribution in [-0.2, 0) is 16.6 Å². The fourth-order valence-electron chi connectivity index (χ4n) is 1.73. The molecule has 2 aromatic carbocycles. The minimum atomic E-state index is -3.49. The second kappa shape index (κ2) is 6.43. The summed E-state index contributed by atoms with van der Waals surface area (Å²) in [5.41, 5.74) is 1.87. The molecule has 0 saturated carbocycles. The average Bonchev–Trinajstić information content (AvgIpc) is 2.38. The molecule has 0 aliphatic heterocycles. The van der Waals surface area contributed by atoms with Crippen molar-refractivity contribution in [3.8, 4) is 0 Å². The Kier molecular flexibility index (Phi) is 5.06. The molecule has 2 rings (SSSR count). The molecule has 3 nitrogen and oxygen atoms in total. The van der Waals surface area contributed by atoms with Crippen LogP contribution in [0.1, 0.15) is 11.1 Å². The highest BCUT2D eigenvalue weighted by Crippen LogP contribution is 2.16. The number of sulfonamides is 1. The third-order valence-corrected chi connectivity index (χ3v) is 5.25. The highest BCUT2D eigenvalue weighted by atomic mass is 127. The van der Waals surface area contributed by atoms with E-state index in [1.165, 1.54) is 0 Å². The van der Waals surface area contributed by atoms with Crippen molar-refractivity contribution in [2.45, 2.75) is 18.4 Å². The van der Waals surface area contributed by atoms with Gasteiger partial charge in [-0.15, -0.1) is 0 Å². The van der Waals surface area contributed by atoms with E-state index in [4.69, 9.17) is 11.6 Å². The molecule has 0 saturated heterocycles. The molecule has 20 heavy (non-hydrogen) atoms. The van der Waals surface area contributed by atoms with E-state index in [2.05, 4.69) is 27.3 Å². The minimum absolute atomic E-state index is 0.247. The molecular formula is C14H13ClINO2S. The van der Waals surface area contributed by atoms with Crippen LogP contribution < -0.4 is 4.72 Å². The lowest BCUT2D eigenvalue weighted by Crippen LogP contribution is -2.23. The van der Waals surface area contributed by atoms with E-state index in [0.29, 0.717) is 5.02 Å². The van der Waals surface area contributed by atoms with Crippen molar-refractivity contribution in [3.05, 3.63) is 62.2 Å². The van der Waals surface area contributed by atoms with Gasteiger partial charge in [0.2, 0.25) is 10.0 Å². The quantitative estimate of drug-likeness (QED) is 0.765. The Morgan fingerprint density at radius 1 is 1.15 bits per heavy atom. The van der Waals surface area contributed by atoms with Gasteiger partial charge in [0, 0.05) is 15.1 Å². The van der Waals surface area contributed by atoms with Gasteiger partial charge in [-0.1, -0.05) is 17.7 Å². The molecule has 0 bridgehead atoms. The van der Waals surface area contributed by atoms with Gasteiger partial charge in [-0.3, -0.25) is 0 Å². The predicted molar refractivity (Wildman–Crippen MR) is 89.4 cm³/mol. The van der Waals surface area contributed by atoms with Gasteiger partial charge in [0.15, 0.2) is 0 Å². The van der Waals surface area contributed by atoms with Crippen LogP contribution in [0.2, 0.25) is 5.02 Å². The lowest BCUT2D eigenvalue weighted by Gasteiger charge is -2.09. The summed E-state index contributed by atoms with van der Waals surface area (Å²) >= 11 is 8.01. The normalized spacial score (nSPS) is 11.6. The summed E-state index contributed by atoms with van der Waals surface area (Å²) in [6.45, 7) is 2.15. The molecule has 0 heterocycles. The lowest BCUT2D eigenvalue weighted by molar-refractivity contribution is 0.581. The fraction of sp³-hybridized carbons (Fsp3) is 0.143. The van der Waals surface area contributed by atoms with Crippen LogP contribution in [0.5, 0.6) is 0 Å². The third-order valence-electron chi connectivity index (χ3n) is 2.88. The van der Waals surface area contributed by atoms with Crippen molar-refractivity contribution in [3.63, 3.8) is 0 Å². The molecule has 0 aromatic heterocycles. The van der Waals surface area contributed by atoms with Crippen LogP contribution in [0, 0.1) is 10.5 Å².